The second-order valence-corrected chi connectivity index (χ2v) is 1.42. The molecule has 0 saturated heterocycles. The number of aromatic nitrogens is 2. The van der Waals surface area contributed by atoms with Crippen molar-refractivity contribution < 1.29 is 9.20 Å². The number of nitrogens with zero attached hydrogens (tertiary/aromatic N) is 2. The molecular formula is C4H8ClN3O. The van der Waals surface area contributed by atoms with Crippen LogP contribution in [0.15, 0.2) is 10.7 Å². The second-order valence-electron chi connectivity index (χ2n) is 1.42. The quantitative estimate of drug-likeness (QED) is 0.545. The van der Waals surface area contributed by atoms with Crippen molar-refractivity contribution in [2.45, 2.75) is 13.5 Å². The van der Waals surface area contributed by atoms with Crippen LogP contribution in [0.1, 0.15) is 6.92 Å². The lowest BCUT2D eigenvalue weighted by Crippen LogP contribution is -2.35. The number of hydrogen-bond acceptors (Lipinski definition) is 2. The van der Waals surface area contributed by atoms with Crippen LogP contribution in [-0.4, -0.2) is 0 Å². The molecule has 0 saturated carbocycles. The molecule has 0 fully saturated rings. The van der Waals surface area contributed by atoms with Gasteiger partial charge in [-0.25, -0.2) is 4.68 Å². The average molecular weight is 150 g/mol. The molecule has 0 unspecified atom stereocenters. The molecule has 0 aliphatic heterocycles. The summed E-state index contributed by atoms with van der Waals surface area (Å²) in [7, 11) is 0. The van der Waals surface area contributed by atoms with Gasteiger partial charge in [0.1, 0.15) is 6.54 Å². The van der Waals surface area contributed by atoms with E-state index >= 15 is 0 Å². The molecule has 0 spiro atoms. The van der Waals surface area contributed by atoms with Crippen molar-refractivity contribution in [1.29, 1.82) is 5.41 Å². The van der Waals surface area contributed by atoms with Gasteiger partial charge in [0.15, 0.2) is 0 Å². The molecule has 4 nitrogen and oxygen atoms in total. The molecule has 1 aromatic rings. The molecule has 0 aliphatic carbocycles. The van der Waals surface area contributed by atoms with Crippen LogP contribution in [0.4, 0.5) is 0 Å². The standard InChI is InChI=1S/C4H7N3O.ClH/c1-2-7-3-4(5)8-6-7;/h3,5H,2H2,1H3;1H. The molecule has 1 heterocycles. The molecule has 0 amide bonds. The minimum absolute atomic E-state index is 0. The largest absolute Gasteiger partial charge is 0.487 e. The number of aryl methyl sites for hydroxylation is 1. The Morgan fingerprint density at radius 2 is 2.56 bits per heavy atom. The topological polar surface area (TPSA) is 55.0 Å². The number of hydrogen-bond donors (Lipinski definition) is 1. The van der Waals surface area contributed by atoms with Gasteiger partial charge >= 0.3 is 0 Å². The highest BCUT2D eigenvalue weighted by molar-refractivity contribution is 5.85. The van der Waals surface area contributed by atoms with E-state index in [1.165, 1.54) is 6.20 Å². The fourth-order valence-corrected chi connectivity index (χ4v) is 0.428. The molecule has 0 aromatic carbocycles. The van der Waals surface area contributed by atoms with E-state index in [0.29, 0.717) is 0 Å². The van der Waals surface area contributed by atoms with Crippen LogP contribution in [0, 0.1) is 5.41 Å². The van der Waals surface area contributed by atoms with Gasteiger partial charge in [-0.2, -0.15) is 0 Å². The molecular weight excluding hydrogens is 142 g/mol. The Balaban J connectivity index is 0.000000640. The molecule has 1 aromatic heterocycles. The van der Waals surface area contributed by atoms with Crippen LogP contribution in [0.3, 0.4) is 0 Å². The van der Waals surface area contributed by atoms with Gasteiger partial charge in [0.05, 0.1) is 0 Å². The summed E-state index contributed by atoms with van der Waals surface area (Å²) in [6.07, 6.45) is 1.53. The summed E-state index contributed by atoms with van der Waals surface area (Å²) in [6.45, 7) is 2.68. The predicted molar refractivity (Wildman–Crippen MR) is 31.0 cm³/mol. The lowest BCUT2D eigenvalue weighted by Gasteiger charge is -1.85. The van der Waals surface area contributed by atoms with Gasteiger partial charge in [-0.1, -0.05) is 0 Å². The molecule has 1 rings (SSSR count). The first-order valence-corrected chi connectivity index (χ1v) is 2.41. The first-order valence-electron chi connectivity index (χ1n) is 2.41. The number of halogens is 1. The van der Waals surface area contributed by atoms with Gasteiger partial charge in [-0.3, -0.25) is 10.7 Å². The maximum absolute atomic E-state index is 6.87. The summed E-state index contributed by atoms with van der Waals surface area (Å²) in [5.74, 6) is 0. The van der Waals surface area contributed by atoms with E-state index in [9.17, 15) is 0 Å². The van der Waals surface area contributed by atoms with Crippen molar-refractivity contribution in [2.75, 3.05) is 0 Å². The summed E-state index contributed by atoms with van der Waals surface area (Å²) in [5.41, 5.74) is 0.104. The predicted octanol–water partition coefficient (Wildman–Crippen LogP) is -0.555. The Morgan fingerprint density at radius 3 is 2.78 bits per heavy atom. The van der Waals surface area contributed by atoms with E-state index in [1.54, 1.807) is 4.68 Å². The van der Waals surface area contributed by atoms with Crippen molar-refractivity contribution in [3.63, 3.8) is 0 Å². The van der Waals surface area contributed by atoms with Crippen LogP contribution in [0.25, 0.3) is 0 Å². The van der Waals surface area contributed by atoms with E-state index < -0.39 is 0 Å². The van der Waals surface area contributed by atoms with E-state index in [0.717, 1.165) is 6.54 Å². The number of nitrogens with one attached hydrogen (secondary N) is 1. The third-order valence-electron chi connectivity index (χ3n) is 0.834. The van der Waals surface area contributed by atoms with E-state index in [-0.39, 0.29) is 18.0 Å². The summed E-state index contributed by atoms with van der Waals surface area (Å²) >= 11 is 0. The molecule has 52 valence electrons. The van der Waals surface area contributed by atoms with Gasteiger partial charge in [-0.05, 0) is 6.92 Å². The van der Waals surface area contributed by atoms with E-state index in [2.05, 4.69) is 9.79 Å². The van der Waals surface area contributed by atoms with Gasteiger partial charge < -0.3 is 4.52 Å². The smallest absolute Gasteiger partial charge is 0.264 e. The Labute approximate surface area is 58.4 Å². The SMILES string of the molecule is CC[n+]1cc(=N)o[n-]1.Cl. The van der Waals surface area contributed by atoms with Crippen LogP contribution < -0.4 is 15.5 Å². The molecule has 5 heteroatoms. The Bertz CT molecular complexity index is 216. The zero-order chi connectivity index (χ0) is 5.98. The van der Waals surface area contributed by atoms with Crippen LogP contribution >= 0.6 is 12.4 Å². The second kappa shape index (κ2) is 3.29. The van der Waals surface area contributed by atoms with Crippen LogP contribution in [0.2, 0.25) is 0 Å². The fraction of sp³-hybridized carbons (Fsp3) is 0.500. The maximum atomic E-state index is 6.87. The Morgan fingerprint density at radius 1 is 1.89 bits per heavy atom. The zero-order valence-corrected chi connectivity index (χ0v) is 5.81. The molecule has 0 bridgehead atoms. The van der Waals surface area contributed by atoms with Crippen molar-refractivity contribution in [1.82, 2.24) is 5.27 Å². The monoisotopic (exact) mass is 149 g/mol. The van der Waals surface area contributed by atoms with Gasteiger partial charge in [0.25, 0.3) is 5.55 Å². The third kappa shape index (κ3) is 1.89. The summed E-state index contributed by atoms with van der Waals surface area (Å²) in [4.78, 5) is 0. The molecule has 0 aliphatic rings. The summed E-state index contributed by atoms with van der Waals surface area (Å²) in [6, 6.07) is 0. The van der Waals surface area contributed by atoms with Gasteiger partial charge in [0.2, 0.25) is 6.20 Å². The minimum Gasteiger partial charge on any atom is -0.487 e. The lowest BCUT2D eigenvalue weighted by molar-refractivity contribution is -0.764. The third-order valence-corrected chi connectivity index (χ3v) is 0.834. The highest BCUT2D eigenvalue weighted by atomic mass is 35.5. The first-order chi connectivity index (χ1) is 3.83. The van der Waals surface area contributed by atoms with Crippen molar-refractivity contribution in [3.8, 4) is 0 Å². The maximum Gasteiger partial charge on any atom is 0.264 e. The molecule has 1 N–H and O–H groups in total. The highest BCUT2D eigenvalue weighted by Crippen LogP contribution is 1.55. The highest BCUT2D eigenvalue weighted by Gasteiger charge is 1.86. The zero-order valence-electron chi connectivity index (χ0n) is 5.00. The van der Waals surface area contributed by atoms with Crippen molar-refractivity contribution in [3.05, 3.63) is 11.8 Å². The van der Waals surface area contributed by atoms with E-state index in [1.807, 2.05) is 6.92 Å². The molecule has 0 atom stereocenters. The Hall–Kier alpha value is -0.770. The number of rotatable bonds is 1. The van der Waals surface area contributed by atoms with Crippen molar-refractivity contribution >= 4 is 12.4 Å². The van der Waals surface area contributed by atoms with Crippen molar-refractivity contribution in [2.24, 2.45) is 0 Å². The summed E-state index contributed by atoms with van der Waals surface area (Å²) in [5, 5.41) is 10.4. The van der Waals surface area contributed by atoms with Gasteiger partial charge in [0, 0.05) is 0 Å². The fourth-order valence-electron chi connectivity index (χ4n) is 0.428. The van der Waals surface area contributed by atoms with E-state index in [4.69, 9.17) is 5.41 Å². The molecule has 0 radical (unpaired) electrons. The Kier molecular flexibility index (Phi) is 3.01. The minimum atomic E-state index is 0. The van der Waals surface area contributed by atoms with Crippen LogP contribution in [0.5, 0.6) is 0 Å². The normalized spacial score (nSPS) is 8.56. The first kappa shape index (κ1) is 8.23. The molecule has 9 heavy (non-hydrogen) atoms. The average Bonchev–Trinajstić information content (AvgIpc) is 2.14. The lowest BCUT2D eigenvalue weighted by atomic mass is 10.7. The van der Waals surface area contributed by atoms with Gasteiger partial charge in [-0.15, -0.1) is 12.4 Å². The summed E-state index contributed by atoms with van der Waals surface area (Å²) < 4.78 is 5.99. The van der Waals surface area contributed by atoms with Crippen LogP contribution in [-0.2, 0) is 6.54 Å².